The van der Waals surface area contributed by atoms with Gasteiger partial charge in [-0.1, -0.05) is 76.6 Å². The minimum atomic E-state index is -1.45. The number of ketones is 1. The number of halogens is 2. The fraction of sp³-hybridized carbons (Fsp3) is 0.0714. The van der Waals surface area contributed by atoms with Crippen LogP contribution in [0.3, 0.4) is 0 Å². The van der Waals surface area contributed by atoms with E-state index in [1.54, 1.807) is 29.2 Å². The molecule has 1 amide bonds. The maximum Gasteiger partial charge on any atom is 0.258 e. The summed E-state index contributed by atoms with van der Waals surface area (Å²) in [5.74, 6) is -0.836. The fourth-order valence-corrected chi connectivity index (χ4v) is 5.35. The quantitative estimate of drug-likeness (QED) is 0.339. The summed E-state index contributed by atoms with van der Waals surface area (Å²) in [6.45, 7) is 0.125. The topological polar surface area (TPSA) is 49.4 Å². The standard InChI is InChI=1S/C28H18BrFN2O2/c29-18-11-14-25-23(15-18)27(34)32(16-17-9-12-19(30)13-10-17)28(31-25)24-8-4-3-6-21(24)20-5-1-2-7-22(20)26(28)33/h1-15,31H,16H2. The molecule has 0 bridgehead atoms. The molecule has 2 aliphatic rings. The highest BCUT2D eigenvalue weighted by Gasteiger charge is 2.55. The van der Waals surface area contributed by atoms with Crippen molar-refractivity contribution in [2.24, 2.45) is 0 Å². The number of rotatable bonds is 2. The molecule has 1 aliphatic heterocycles. The molecular weight excluding hydrogens is 495 g/mol. The number of hydrogen-bond donors (Lipinski definition) is 1. The number of amides is 1. The van der Waals surface area contributed by atoms with Gasteiger partial charge in [-0.25, -0.2) is 4.39 Å². The molecule has 4 aromatic rings. The van der Waals surface area contributed by atoms with E-state index in [4.69, 9.17) is 0 Å². The van der Waals surface area contributed by atoms with E-state index in [0.717, 1.165) is 21.2 Å². The summed E-state index contributed by atoms with van der Waals surface area (Å²) < 4.78 is 14.4. The minimum absolute atomic E-state index is 0.125. The Morgan fingerprint density at radius 2 is 1.47 bits per heavy atom. The summed E-state index contributed by atoms with van der Waals surface area (Å²) >= 11 is 3.45. The van der Waals surface area contributed by atoms with E-state index in [0.29, 0.717) is 22.4 Å². The molecule has 0 saturated heterocycles. The molecule has 1 atom stereocenters. The third-order valence-electron chi connectivity index (χ3n) is 6.54. The lowest BCUT2D eigenvalue weighted by molar-refractivity contribution is 0.0405. The van der Waals surface area contributed by atoms with Crippen molar-refractivity contribution >= 4 is 33.3 Å². The molecule has 1 N–H and O–H groups in total. The van der Waals surface area contributed by atoms with E-state index in [1.807, 2.05) is 54.6 Å². The molecule has 166 valence electrons. The fourth-order valence-electron chi connectivity index (χ4n) is 4.98. The monoisotopic (exact) mass is 512 g/mol. The Morgan fingerprint density at radius 1 is 0.794 bits per heavy atom. The molecule has 1 aliphatic carbocycles. The van der Waals surface area contributed by atoms with E-state index >= 15 is 0 Å². The van der Waals surface area contributed by atoms with Gasteiger partial charge in [0.2, 0.25) is 11.4 Å². The lowest BCUT2D eigenvalue weighted by atomic mass is 9.75. The summed E-state index contributed by atoms with van der Waals surface area (Å²) in [4.78, 5) is 29.9. The predicted octanol–water partition coefficient (Wildman–Crippen LogP) is 6.37. The molecule has 4 nitrogen and oxygen atoms in total. The third kappa shape index (κ3) is 2.95. The van der Waals surface area contributed by atoms with Crippen LogP contribution in [0.4, 0.5) is 10.1 Å². The van der Waals surface area contributed by atoms with Gasteiger partial charge in [-0.05, 0) is 47.0 Å². The number of benzene rings is 4. The number of anilines is 1. The van der Waals surface area contributed by atoms with Crippen LogP contribution in [0.25, 0.3) is 11.1 Å². The summed E-state index contributed by atoms with van der Waals surface area (Å²) in [7, 11) is 0. The molecule has 0 aromatic heterocycles. The van der Waals surface area contributed by atoms with Gasteiger partial charge in [0.05, 0.1) is 5.56 Å². The SMILES string of the molecule is O=C1c2cc(Br)ccc2NC2(C(=O)c3ccccc3-c3ccccc32)N1Cc1ccc(F)cc1. The number of fused-ring (bicyclic) bond motifs is 5. The van der Waals surface area contributed by atoms with Gasteiger partial charge >= 0.3 is 0 Å². The van der Waals surface area contributed by atoms with Gasteiger partial charge < -0.3 is 10.2 Å². The summed E-state index contributed by atoms with van der Waals surface area (Å²) in [6, 6.07) is 26.5. The van der Waals surface area contributed by atoms with Gasteiger partial charge in [0.1, 0.15) is 5.82 Å². The molecule has 0 saturated carbocycles. The summed E-state index contributed by atoms with van der Waals surface area (Å²) in [5, 5.41) is 3.46. The zero-order chi connectivity index (χ0) is 23.4. The molecular formula is C28H18BrFN2O2. The van der Waals surface area contributed by atoms with Gasteiger partial charge in [-0.15, -0.1) is 0 Å². The molecule has 1 spiro atoms. The van der Waals surface area contributed by atoms with Crippen LogP contribution < -0.4 is 5.32 Å². The van der Waals surface area contributed by atoms with E-state index < -0.39 is 5.66 Å². The highest BCUT2D eigenvalue weighted by atomic mass is 79.9. The average molecular weight is 513 g/mol. The molecule has 6 rings (SSSR count). The van der Waals surface area contributed by atoms with Crippen molar-refractivity contribution in [3.8, 4) is 11.1 Å². The molecule has 0 fully saturated rings. The third-order valence-corrected chi connectivity index (χ3v) is 7.03. The summed E-state index contributed by atoms with van der Waals surface area (Å²) in [6.07, 6.45) is 0. The van der Waals surface area contributed by atoms with Crippen molar-refractivity contribution in [3.05, 3.63) is 124 Å². The van der Waals surface area contributed by atoms with Crippen LogP contribution in [0.1, 0.15) is 31.8 Å². The van der Waals surface area contributed by atoms with Crippen LogP contribution in [0.15, 0.2) is 95.5 Å². The molecule has 6 heteroatoms. The van der Waals surface area contributed by atoms with E-state index in [9.17, 15) is 14.0 Å². The first-order chi connectivity index (χ1) is 16.5. The first-order valence-corrected chi connectivity index (χ1v) is 11.7. The molecule has 34 heavy (non-hydrogen) atoms. The Labute approximate surface area is 204 Å². The van der Waals surface area contributed by atoms with Crippen LogP contribution in [-0.2, 0) is 12.2 Å². The van der Waals surface area contributed by atoms with Crippen molar-refractivity contribution in [1.82, 2.24) is 4.90 Å². The van der Waals surface area contributed by atoms with Crippen LogP contribution in [0.2, 0.25) is 0 Å². The number of nitrogens with one attached hydrogen (secondary N) is 1. The van der Waals surface area contributed by atoms with E-state index in [1.165, 1.54) is 12.1 Å². The lowest BCUT2D eigenvalue weighted by Gasteiger charge is -2.50. The van der Waals surface area contributed by atoms with Crippen LogP contribution in [-0.4, -0.2) is 16.6 Å². The first kappa shape index (κ1) is 20.8. The maximum absolute atomic E-state index is 14.3. The van der Waals surface area contributed by atoms with Crippen molar-refractivity contribution in [2.45, 2.75) is 12.2 Å². The van der Waals surface area contributed by atoms with Crippen LogP contribution >= 0.6 is 15.9 Å². The van der Waals surface area contributed by atoms with Crippen molar-refractivity contribution in [1.29, 1.82) is 0 Å². The van der Waals surface area contributed by atoms with Crippen molar-refractivity contribution in [2.75, 3.05) is 5.32 Å². The molecule has 0 radical (unpaired) electrons. The van der Waals surface area contributed by atoms with Gasteiger partial charge in [0.25, 0.3) is 5.91 Å². The molecule has 4 aromatic carbocycles. The highest BCUT2D eigenvalue weighted by molar-refractivity contribution is 9.10. The maximum atomic E-state index is 14.3. The largest absolute Gasteiger partial charge is 0.352 e. The smallest absolute Gasteiger partial charge is 0.258 e. The number of carbonyl (C=O) groups excluding carboxylic acids is 2. The summed E-state index contributed by atoms with van der Waals surface area (Å²) in [5.41, 5.74) is 3.32. The zero-order valence-corrected chi connectivity index (χ0v) is 19.5. The first-order valence-electron chi connectivity index (χ1n) is 10.9. The normalized spacial score (nSPS) is 18.2. The zero-order valence-electron chi connectivity index (χ0n) is 17.9. The molecule has 1 heterocycles. The van der Waals surface area contributed by atoms with Gasteiger partial charge in [-0.2, -0.15) is 0 Å². The average Bonchev–Trinajstić information content (AvgIpc) is 2.86. The van der Waals surface area contributed by atoms with Gasteiger partial charge in [0, 0.05) is 27.8 Å². The Bertz CT molecular complexity index is 1480. The lowest BCUT2D eigenvalue weighted by Crippen LogP contribution is -2.62. The number of carbonyl (C=O) groups is 2. The number of nitrogens with zero attached hydrogens (tertiary/aromatic N) is 1. The van der Waals surface area contributed by atoms with Crippen molar-refractivity contribution < 1.29 is 14.0 Å². The highest BCUT2D eigenvalue weighted by Crippen LogP contribution is 2.49. The van der Waals surface area contributed by atoms with Crippen LogP contribution in [0.5, 0.6) is 0 Å². The van der Waals surface area contributed by atoms with Crippen LogP contribution in [0, 0.1) is 5.82 Å². The van der Waals surface area contributed by atoms with E-state index in [-0.39, 0.29) is 24.1 Å². The van der Waals surface area contributed by atoms with E-state index in [2.05, 4.69) is 21.2 Å². The predicted molar refractivity (Wildman–Crippen MR) is 132 cm³/mol. The minimum Gasteiger partial charge on any atom is -0.352 e. The molecule has 1 unspecified atom stereocenters. The van der Waals surface area contributed by atoms with Crippen molar-refractivity contribution in [3.63, 3.8) is 0 Å². The Kier molecular flexibility index (Phi) is 4.67. The van der Waals surface area contributed by atoms with Gasteiger partial charge in [-0.3, -0.25) is 9.59 Å². The number of Topliss-reactive ketones (excluding diaryl/α,β-unsaturated/α-hetero) is 1. The Morgan fingerprint density at radius 3 is 2.24 bits per heavy atom. The Hall–Kier alpha value is -3.77. The van der Waals surface area contributed by atoms with Gasteiger partial charge in [0.15, 0.2) is 0 Å². The second-order valence-corrected chi connectivity index (χ2v) is 9.38. The number of hydrogen-bond acceptors (Lipinski definition) is 3. The second kappa shape index (κ2) is 7.64. The Balaban J connectivity index is 1.63. The second-order valence-electron chi connectivity index (χ2n) is 8.46.